The minimum absolute atomic E-state index is 0.0485. The number of amides is 1. The van der Waals surface area contributed by atoms with Crippen molar-refractivity contribution < 1.29 is 13.2 Å². The van der Waals surface area contributed by atoms with Gasteiger partial charge in [0.1, 0.15) is 0 Å². The molecule has 0 unspecified atom stereocenters. The van der Waals surface area contributed by atoms with Crippen LogP contribution >= 0.6 is 22.6 Å². The highest BCUT2D eigenvalue weighted by molar-refractivity contribution is 14.1. The first-order chi connectivity index (χ1) is 10.3. The molecule has 116 valence electrons. The number of primary sulfonamides is 1. The van der Waals surface area contributed by atoms with E-state index in [1.54, 1.807) is 24.3 Å². The first-order valence-corrected chi connectivity index (χ1v) is 9.09. The highest BCUT2D eigenvalue weighted by Crippen LogP contribution is 2.16. The molecule has 0 saturated carbocycles. The number of sulfonamides is 1. The smallest absolute Gasteiger partial charge is 0.251 e. The van der Waals surface area contributed by atoms with Gasteiger partial charge in [0.15, 0.2) is 0 Å². The molecule has 22 heavy (non-hydrogen) atoms. The molecule has 0 heterocycles. The summed E-state index contributed by atoms with van der Waals surface area (Å²) in [4.78, 5) is 12.2. The fourth-order valence-electron chi connectivity index (χ4n) is 1.94. The number of nitrogens with one attached hydrogen (secondary N) is 1. The molecule has 1 atom stereocenters. The lowest BCUT2D eigenvalue weighted by Gasteiger charge is -2.15. The molecule has 0 bridgehead atoms. The van der Waals surface area contributed by atoms with Crippen molar-refractivity contribution in [2.75, 3.05) is 0 Å². The Morgan fingerprint density at radius 2 is 1.82 bits per heavy atom. The van der Waals surface area contributed by atoms with Crippen molar-refractivity contribution >= 4 is 38.5 Å². The highest BCUT2D eigenvalue weighted by Gasteiger charge is 2.13. The minimum atomic E-state index is -3.70. The molecular weight excluding hydrogens is 415 g/mol. The number of rotatable bonds is 4. The molecule has 0 aromatic heterocycles. The molecule has 0 aliphatic rings. The van der Waals surface area contributed by atoms with Crippen LogP contribution in [-0.2, 0) is 10.0 Å². The Morgan fingerprint density at radius 3 is 2.36 bits per heavy atom. The number of carbonyl (C=O) groups excluding carboxylic acids is 1. The van der Waals surface area contributed by atoms with E-state index >= 15 is 0 Å². The molecule has 7 heteroatoms. The summed E-state index contributed by atoms with van der Waals surface area (Å²) in [6, 6.07) is 13.2. The standard InChI is InChI=1S/C15H15IN2O3S/c1-10(11-5-7-14(8-6-11)22(17,20)21)18-15(19)12-3-2-4-13(16)9-12/h2-10H,1H3,(H,18,19)(H2,17,20,21)/t10-/m1/s1. The zero-order chi connectivity index (χ0) is 16.3. The summed E-state index contributed by atoms with van der Waals surface area (Å²) in [5, 5.41) is 7.93. The average molecular weight is 430 g/mol. The van der Waals surface area contributed by atoms with E-state index in [2.05, 4.69) is 27.9 Å². The van der Waals surface area contributed by atoms with E-state index in [1.807, 2.05) is 19.1 Å². The maximum Gasteiger partial charge on any atom is 0.251 e. The molecule has 0 saturated heterocycles. The summed E-state index contributed by atoms with van der Waals surface area (Å²) < 4.78 is 23.4. The van der Waals surface area contributed by atoms with Gasteiger partial charge in [0.2, 0.25) is 10.0 Å². The molecule has 0 fully saturated rings. The van der Waals surface area contributed by atoms with Gasteiger partial charge in [0, 0.05) is 9.13 Å². The Hall–Kier alpha value is -1.45. The second kappa shape index (κ2) is 6.76. The molecule has 3 N–H and O–H groups in total. The van der Waals surface area contributed by atoms with Gasteiger partial charge in [-0.15, -0.1) is 0 Å². The largest absolute Gasteiger partial charge is 0.346 e. The quantitative estimate of drug-likeness (QED) is 0.731. The van der Waals surface area contributed by atoms with E-state index in [4.69, 9.17) is 5.14 Å². The van der Waals surface area contributed by atoms with Crippen molar-refractivity contribution in [2.45, 2.75) is 17.9 Å². The predicted molar refractivity (Wildman–Crippen MR) is 92.9 cm³/mol. The van der Waals surface area contributed by atoms with Crippen molar-refractivity contribution in [3.63, 3.8) is 0 Å². The third-order valence-corrected chi connectivity index (χ3v) is 4.74. The number of nitrogens with two attached hydrogens (primary N) is 1. The zero-order valence-corrected chi connectivity index (χ0v) is 14.8. The van der Waals surface area contributed by atoms with Gasteiger partial charge < -0.3 is 5.32 Å². The molecule has 0 aliphatic carbocycles. The topological polar surface area (TPSA) is 89.3 Å². The van der Waals surface area contributed by atoms with E-state index in [0.29, 0.717) is 5.56 Å². The summed E-state index contributed by atoms with van der Waals surface area (Å²) in [7, 11) is -3.70. The van der Waals surface area contributed by atoms with E-state index in [9.17, 15) is 13.2 Å². The Balaban J connectivity index is 2.12. The minimum Gasteiger partial charge on any atom is -0.346 e. The molecule has 1 amide bonds. The molecular formula is C15H15IN2O3S. The van der Waals surface area contributed by atoms with Crippen LogP contribution in [0.15, 0.2) is 53.4 Å². The molecule has 2 aromatic carbocycles. The number of hydrogen-bond acceptors (Lipinski definition) is 3. The monoisotopic (exact) mass is 430 g/mol. The second-order valence-electron chi connectivity index (χ2n) is 4.82. The fourth-order valence-corrected chi connectivity index (χ4v) is 3.00. The van der Waals surface area contributed by atoms with Gasteiger partial charge in [-0.2, -0.15) is 0 Å². The van der Waals surface area contributed by atoms with Gasteiger partial charge >= 0.3 is 0 Å². The van der Waals surface area contributed by atoms with Gasteiger partial charge in [0.25, 0.3) is 5.91 Å². The summed E-state index contributed by atoms with van der Waals surface area (Å²) >= 11 is 2.15. The van der Waals surface area contributed by atoms with Crippen molar-refractivity contribution in [1.82, 2.24) is 5.32 Å². The lowest BCUT2D eigenvalue weighted by molar-refractivity contribution is 0.0940. The summed E-state index contributed by atoms with van der Waals surface area (Å²) in [5.41, 5.74) is 1.38. The summed E-state index contributed by atoms with van der Waals surface area (Å²) in [6.07, 6.45) is 0. The van der Waals surface area contributed by atoms with E-state index in [1.165, 1.54) is 12.1 Å². The third-order valence-electron chi connectivity index (χ3n) is 3.14. The van der Waals surface area contributed by atoms with Gasteiger partial charge in [-0.25, -0.2) is 13.6 Å². The second-order valence-corrected chi connectivity index (χ2v) is 7.63. The van der Waals surface area contributed by atoms with E-state index < -0.39 is 10.0 Å². The van der Waals surface area contributed by atoms with Crippen molar-refractivity contribution in [2.24, 2.45) is 5.14 Å². The van der Waals surface area contributed by atoms with Crippen LogP contribution < -0.4 is 10.5 Å². The maximum atomic E-state index is 12.2. The molecule has 5 nitrogen and oxygen atoms in total. The third kappa shape index (κ3) is 4.28. The number of benzene rings is 2. The SMILES string of the molecule is C[C@@H](NC(=O)c1cccc(I)c1)c1ccc(S(N)(=O)=O)cc1. The lowest BCUT2D eigenvalue weighted by Crippen LogP contribution is -2.26. The number of halogens is 1. The Kier molecular flexibility index (Phi) is 5.20. The lowest BCUT2D eigenvalue weighted by atomic mass is 10.1. The summed E-state index contributed by atoms with van der Waals surface area (Å²) in [5.74, 6) is -0.179. The first kappa shape index (κ1) is 16.9. The molecule has 0 radical (unpaired) electrons. The maximum absolute atomic E-state index is 12.2. The normalized spacial score (nSPS) is 12.7. The van der Waals surface area contributed by atoms with Gasteiger partial charge in [-0.05, 0) is 65.4 Å². The van der Waals surface area contributed by atoms with E-state index in [-0.39, 0.29) is 16.8 Å². The highest BCUT2D eigenvalue weighted by atomic mass is 127. The Morgan fingerprint density at radius 1 is 1.18 bits per heavy atom. The van der Waals surface area contributed by atoms with Crippen LogP contribution in [0.3, 0.4) is 0 Å². The van der Waals surface area contributed by atoms with Crippen molar-refractivity contribution in [3.8, 4) is 0 Å². The van der Waals surface area contributed by atoms with Crippen LogP contribution in [0.2, 0.25) is 0 Å². The van der Waals surface area contributed by atoms with E-state index in [0.717, 1.165) is 9.13 Å². The average Bonchev–Trinajstić information content (AvgIpc) is 2.46. The van der Waals surface area contributed by atoms with Crippen LogP contribution in [0.5, 0.6) is 0 Å². The van der Waals surface area contributed by atoms with Crippen LogP contribution in [0.25, 0.3) is 0 Å². The van der Waals surface area contributed by atoms with Crippen LogP contribution in [0.1, 0.15) is 28.9 Å². The van der Waals surface area contributed by atoms with Crippen LogP contribution in [0.4, 0.5) is 0 Å². The Labute approximate surface area is 143 Å². The van der Waals surface area contributed by atoms with Crippen molar-refractivity contribution in [1.29, 1.82) is 0 Å². The first-order valence-electron chi connectivity index (χ1n) is 6.46. The van der Waals surface area contributed by atoms with Gasteiger partial charge in [0.05, 0.1) is 10.9 Å². The molecule has 0 spiro atoms. The predicted octanol–water partition coefficient (Wildman–Crippen LogP) is 2.43. The zero-order valence-electron chi connectivity index (χ0n) is 11.8. The van der Waals surface area contributed by atoms with Gasteiger partial charge in [-0.1, -0.05) is 18.2 Å². The molecule has 2 aromatic rings. The van der Waals surface area contributed by atoms with Gasteiger partial charge in [-0.3, -0.25) is 4.79 Å². The molecule has 2 rings (SSSR count). The molecule has 0 aliphatic heterocycles. The number of carbonyl (C=O) groups is 1. The summed E-state index contributed by atoms with van der Waals surface area (Å²) in [6.45, 7) is 1.83. The van der Waals surface area contributed by atoms with Crippen molar-refractivity contribution in [3.05, 3.63) is 63.2 Å². The van der Waals surface area contributed by atoms with Crippen LogP contribution in [-0.4, -0.2) is 14.3 Å². The Bertz CT molecular complexity index is 789. The number of hydrogen-bond donors (Lipinski definition) is 2. The van der Waals surface area contributed by atoms with Crippen LogP contribution in [0, 0.1) is 3.57 Å². The fraction of sp³-hybridized carbons (Fsp3) is 0.133.